The van der Waals surface area contributed by atoms with Crippen molar-refractivity contribution < 1.29 is 9.68 Å². The fraction of sp³-hybridized carbons (Fsp3) is 0.333. The Morgan fingerprint density at radius 3 is 3.00 bits per heavy atom. The van der Waals surface area contributed by atoms with E-state index in [0.717, 1.165) is 0 Å². The molecule has 4 nitrogen and oxygen atoms in total. The lowest BCUT2D eigenvalue weighted by Gasteiger charge is -2.09. The Labute approximate surface area is 40.8 Å². The molecule has 0 unspecified atom stereocenters. The summed E-state index contributed by atoms with van der Waals surface area (Å²) in [5, 5.41) is 0. The van der Waals surface area contributed by atoms with E-state index < -0.39 is 0 Å². The molecule has 0 bridgehead atoms. The molecule has 0 radical (unpaired) electrons. The van der Waals surface area contributed by atoms with Crippen molar-refractivity contribution in [2.24, 2.45) is 5.73 Å². The van der Waals surface area contributed by atoms with E-state index >= 15 is 0 Å². The lowest BCUT2D eigenvalue weighted by atomic mass is 10.5. The first-order valence-corrected chi connectivity index (χ1v) is 1.86. The lowest BCUT2D eigenvalue weighted by molar-refractivity contribution is -0.142. The van der Waals surface area contributed by atoms with Crippen molar-refractivity contribution in [1.82, 2.24) is 5.64 Å². The molecule has 3 N–H and O–H groups in total. The summed E-state index contributed by atoms with van der Waals surface area (Å²) >= 11 is 0. The fourth-order valence-corrected chi connectivity index (χ4v) is 0.281. The van der Waals surface area contributed by atoms with Gasteiger partial charge in [-0.3, -0.25) is 4.84 Å². The maximum absolute atomic E-state index is 5.21. The molecule has 0 spiro atoms. The smallest absolute Gasteiger partial charge is 0.135 e. The van der Waals surface area contributed by atoms with E-state index in [0.29, 0.717) is 12.3 Å². The van der Waals surface area contributed by atoms with Crippen LogP contribution in [0.5, 0.6) is 0 Å². The van der Waals surface area contributed by atoms with Crippen molar-refractivity contribution in [3.05, 3.63) is 12.0 Å². The molecule has 4 heteroatoms. The molecule has 0 amide bonds. The predicted octanol–water partition coefficient (Wildman–Crippen LogP) is -0.747. The molecule has 1 aliphatic heterocycles. The number of hydrogen-bond acceptors (Lipinski definition) is 4. The van der Waals surface area contributed by atoms with E-state index in [1.807, 2.05) is 0 Å². The first-order chi connectivity index (χ1) is 3.39. The minimum atomic E-state index is 0.389. The van der Waals surface area contributed by atoms with Gasteiger partial charge in [-0.05, 0) is 5.64 Å². The highest BCUT2D eigenvalue weighted by Gasteiger charge is 1.95. The zero-order valence-corrected chi connectivity index (χ0v) is 3.68. The van der Waals surface area contributed by atoms with Crippen molar-refractivity contribution in [3.63, 3.8) is 0 Å². The van der Waals surface area contributed by atoms with Crippen molar-refractivity contribution in [2.75, 3.05) is 6.61 Å². The van der Waals surface area contributed by atoms with E-state index in [1.54, 1.807) is 0 Å². The number of hydrogen-bond donors (Lipinski definition) is 2. The van der Waals surface area contributed by atoms with Gasteiger partial charge in [0.25, 0.3) is 0 Å². The summed E-state index contributed by atoms with van der Waals surface area (Å²) < 4.78 is 0. The highest BCUT2D eigenvalue weighted by molar-refractivity contribution is 4.91. The fourth-order valence-electron chi connectivity index (χ4n) is 0.281. The van der Waals surface area contributed by atoms with Gasteiger partial charge in [0.2, 0.25) is 0 Å². The number of nitrogens with two attached hydrogens (primary N) is 1. The van der Waals surface area contributed by atoms with Crippen LogP contribution in [0, 0.1) is 0 Å². The van der Waals surface area contributed by atoms with Gasteiger partial charge in [0.1, 0.15) is 12.9 Å². The maximum atomic E-state index is 5.21. The first-order valence-electron chi connectivity index (χ1n) is 1.86. The maximum Gasteiger partial charge on any atom is 0.135 e. The zero-order valence-electron chi connectivity index (χ0n) is 3.68. The minimum absolute atomic E-state index is 0.389. The Morgan fingerprint density at radius 1 is 1.86 bits per heavy atom. The molecule has 0 aromatic rings. The van der Waals surface area contributed by atoms with E-state index in [9.17, 15) is 0 Å². The number of nitrogens with one attached hydrogen (secondary N) is 1. The second-order valence-electron chi connectivity index (χ2n) is 1.18. The molecule has 7 heavy (non-hydrogen) atoms. The van der Waals surface area contributed by atoms with Crippen LogP contribution in [0.15, 0.2) is 12.0 Å². The second kappa shape index (κ2) is 1.81. The molecule has 40 valence electrons. The Kier molecular flexibility index (Phi) is 1.14. The Hall–Kier alpha value is -0.740. The summed E-state index contributed by atoms with van der Waals surface area (Å²) in [5.41, 5.74) is 7.95. The van der Waals surface area contributed by atoms with Crippen LogP contribution in [0.4, 0.5) is 0 Å². The van der Waals surface area contributed by atoms with Crippen LogP contribution >= 0.6 is 0 Å². The molecule has 0 fully saturated rings. The average Bonchev–Trinajstić information content (AvgIpc) is 1.69. The monoisotopic (exact) mass is 102 g/mol. The summed E-state index contributed by atoms with van der Waals surface area (Å²) in [7, 11) is 0. The van der Waals surface area contributed by atoms with Crippen molar-refractivity contribution >= 4 is 0 Å². The molecule has 0 aliphatic carbocycles. The van der Waals surface area contributed by atoms with Gasteiger partial charge in [-0.25, -0.2) is 0 Å². The average molecular weight is 102 g/mol. The van der Waals surface area contributed by atoms with Gasteiger partial charge in [0.05, 0.1) is 5.70 Å². The SMILES string of the molecule is NC1=CONOC1. The normalized spacial score (nSPS) is 20.3. The van der Waals surface area contributed by atoms with Crippen LogP contribution in [-0.2, 0) is 9.68 Å². The van der Waals surface area contributed by atoms with E-state index in [4.69, 9.17) is 5.73 Å². The van der Waals surface area contributed by atoms with Crippen LogP contribution in [0.25, 0.3) is 0 Å². The largest absolute Gasteiger partial charge is 0.398 e. The highest BCUT2D eigenvalue weighted by atomic mass is 16.9. The summed E-state index contributed by atoms with van der Waals surface area (Å²) in [6.07, 6.45) is 1.39. The van der Waals surface area contributed by atoms with E-state index in [2.05, 4.69) is 15.3 Å². The quantitative estimate of drug-likeness (QED) is 0.422. The highest BCUT2D eigenvalue weighted by Crippen LogP contribution is 1.88. The molecule has 0 saturated carbocycles. The standard InChI is InChI=1S/C3H6N2O2/c4-3-1-6-5-7-2-3/h1,5H,2,4H2. The third-order valence-corrected chi connectivity index (χ3v) is 0.556. The summed E-state index contributed by atoms with van der Waals surface area (Å²) in [6.45, 7) is 0.389. The van der Waals surface area contributed by atoms with E-state index in [-0.39, 0.29) is 0 Å². The zero-order chi connectivity index (χ0) is 5.11. The van der Waals surface area contributed by atoms with Gasteiger partial charge in [-0.1, -0.05) is 0 Å². The Bertz CT molecular complexity index is 90.9. The molecular weight excluding hydrogens is 96.0 g/mol. The molecule has 0 aromatic heterocycles. The summed E-state index contributed by atoms with van der Waals surface area (Å²) in [6, 6.07) is 0. The first kappa shape index (κ1) is 4.42. The molecule has 1 aliphatic rings. The van der Waals surface area contributed by atoms with Gasteiger partial charge in [-0.2, -0.15) is 0 Å². The summed E-state index contributed by atoms with van der Waals surface area (Å²) in [5.74, 6) is 0. The van der Waals surface area contributed by atoms with Crippen molar-refractivity contribution in [1.29, 1.82) is 0 Å². The van der Waals surface area contributed by atoms with Crippen LogP contribution in [-0.4, -0.2) is 6.61 Å². The topological polar surface area (TPSA) is 56.5 Å². The lowest BCUT2D eigenvalue weighted by Crippen LogP contribution is -2.22. The summed E-state index contributed by atoms with van der Waals surface area (Å²) in [4.78, 5) is 8.94. The van der Waals surface area contributed by atoms with Gasteiger partial charge in [0, 0.05) is 0 Å². The third-order valence-electron chi connectivity index (χ3n) is 0.556. The van der Waals surface area contributed by atoms with Gasteiger partial charge in [-0.15, -0.1) is 0 Å². The van der Waals surface area contributed by atoms with Crippen LogP contribution in [0.1, 0.15) is 0 Å². The minimum Gasteiger partial charge on any atom is -0.398 e. The number of rotatable bonds is 0. The van der Waals surface area contributed by atoms with Crippen LogP contribution in [0.3, 0.4) is 0 Å². The molecule has 0 aromatic carbocycles. The molecular formula is C3H6N2O2. The Morgan fingerprint density at radius 2 is 2.71 bits per heavy atom. The van der Waals surface area contributed by atoms with Crippen LogP contribution < -0.4 is 11.4 Å². The van der Waals surface area contributed by atoms with Crippen molar-refractivity contribution in [2.45, 2.75) is 0 Å². The van der Waals surface area contributed by atoms with E-state index in [1.165, 1.54) is 6.26 Å². The molecule has 1 rings (SSSR count). The predicted molar refractivity (Wildman–Crippen MR) is 22.4 cm³/mol. The molecule has 0 saturated heterocycles. The van der Waals surface area contributed by atoms with Crippen molar-refractivity contribution in [3.8, 4) is 0 Å². The third kappa shape index (κ3) is 1.06. The van der Waals surface area contributed by atoms with Crippen LogP contribution in [0.2, 0.25) is 0 Å². The Balaban J connectivity index is 2.40. The van der Waals surface area contributed by atoms with Gasteiger partial charge in [0.15, 0.2) is 0 Å². The molecule has 1 heterocycles. The van der Waals surface area contributed by atoms with Gasteiger partial charge >= 0.3 is 0 Å². The molecule has 0 atom stereocenters. The van der Waals surface area contributed by atoms with Gasteiger partial charge < -0.3 is 10.6 Å². The second-order valence-corrected chi connectivity index (χ2v) is 1.18.